The Morgan fingerprint density at radius 3 is 2.86 bits per heavy atom. The number of amides is 1. The van der Waals surface area contributed by atoms with Crippen LogP contribution in [0.3, 0.4) is 0 Å². The van der Waals surface area contributed by atoms with Crippen molar-refractivity contribution in [3.8, 4) is 5.75 Å². The number of phenols is 1. The predicted octanol–water partition coefficient (Wildman–Crippen LogP) is 2.52. The molecule has 2 atom stereocenters. The molecule has 0 fully saturated rings. The maximum atomic E-state index is 12.1. The standard InChI is InChI=1S/C17H26N2O2/c1-11(2)9-16(17(21)18-3)19-15-6-4-5-12-7-8-13(20)10-14(12)15/h7-8,10-11,15-16,19-20H,4-6,9H2,1-3H3,(H,18,21). The molecule has 1 aliphatic rings. The van der Waals surface area contributed by atoms with Crippen molar-refractivity contribution in [2.45, 2.75) is 51.6 Å². The van der Waals surface area contributed by atoms with Crippen molar-refractivity contribution in [2.24, 2.45) is 5.92 Å². The minimum atomic E-state index is -0.187. The Morgan fingerprint density at radius 2 is 2.19 bits per heavy atom. The highest BCUT2D eigenvalue weighted by atomic mass is 16.3. The minimum Gasteiger partial charge on any atom is -0.508 e. The number of nitrogens with one attached hydrogen (secondary N) is 2. The first-order chi connectivity index (χ1) is 10.0. The molecule has 1 amide bonds. The highest BCUT2D eigenvalue weighted by molar-refractivity contribution is 5.81. The molecular weight excluding hydrogens is 264 g/mol. The van der Waals surface area contributed by atoms with Gasteiger partial charge in [0.05, 0.1) is 6.04 Å². The first-order valence-corrected chi connectivity index (χ1v) is 7.80. The van der Waals surface area contributed by atoms with Gasteiger partial charge in [-0.1, -0.05) is 19.9 Å². The topological polar surface area (TPSA) is 61.4 Å². The van der Waals surface area contributed by atoms with E-state index in [1.54, 1.807) is 13.1 Å². The van der Waals surface area contributed by atoms with E-state index in [9.17, 15) is 9.90 Å². The average Bonchev–Trinajstić information content (AvgIpc) is 2.45. The van der Waals surface area contributed by atoms with Gasteiger partial charge in [-0.15, -0.1) is 0 Å². The molecular formula is C17H26N2O2. The van der Waals surface area contributed by atoms with E-state index in [4.69, 9.17) is 0 Å². The van der Waals surface area contributed by atoms with Crippen LogP contribution in [0.4, 0.5) is 0 Å². The number of carbonyl (C=O) groups excluding carboxylic acids is 1. The minimum absolute atomic E-state index is 0.0379. The van der Waals surface area contributed by atoms with Gasteiger partial charge in [-0.05, 0) is 54.9 Å². The van der Waals surface area contributed by atoms with Gasteiger partial charge in [-0.25, -0.2) is 0 Å². The summed E-state index contributed by atoms with van der Waals surface area (Å²) in [5, 5.41) is 16.0. The van der Waals surface area contributed by atoms with Crippen LogP contribution in [0, 0.1) is 5.92 Å². The average molecular weight is 290 g/mol. The molecule has 116 valence electrons. The van der Waals surface area contributed by atoms with Crippen molar-refractivity contribution in [3.63, 3.8) is 0 Å². The van der Waals surface area contributed by atoms with E-state index < -0.39 is 0 Å². The van der Waals surface area contributed by atoms with Crippen LogP contribution in [0.15, 0.2) is 18.2 Å². The van der Waals surface area contributed by atoms with E-state index in [0.29, 0.717) is 11.7 Å². The fraction of sp³-hybridized carbons (Fsp3) is 0.588. The maximum absolute atomic E-state index is 12.1. The van der Waals surface area contributed by atoms with Gasteiger partial charge in [0.15, 0.2) is 0 Å². The van der Waals surface area contributed by atoms with E-state index in [2.05, 4.69) is 24.5 Å². The third-order valence-electron chi connectivity index (χ3n) is 4.12. The Balaban J connectivity index is 2.18. The number of hydrogen-bond acceptors (Lipinski definition) is 3. The summed E-state index contributed by atoms with van der Waals surface area (Å²) >= 11 is 0. The van der Waals surface area contributed by atoms with Crippen molar-refractivity contribution >= 4 is 5.91 Å². The molecule has 21 heavy (non-hydrogen) atoms. The van der Waals surface area contributed by atoms with Crippen molar-refractivity contribution in [1.82, 2.24) is 10.6 Å². The van der Waals surface area contributed by atoms with Crippen LogP contribution in [0.2, 0.25) is 0 Å². The van der Waals surface area contributed by atoms with Crippen LogP contribution >= 0.6 is 0 Å². The maximum Gasteiger partial charge on any atom is 0.236 e. The largest absolute Gasteiger partial charge is 0.508 e. The number of phenolic OH excluding ortho intramolecular Hbond substituents is 1. The highest BCUT2D eigenvalue weighted by Gasteiger charge is 2.26. The van der Waals surface area contributed by atoms with Gasteiger partial charge in [0.2, 0.25) is 5.91 Å². The van der Waals surface area contributed by atoms with E-state index >= 15 is 0 Å². The zero-order chi connectivity index (χ0) is 15.4. The van der Waals surface area contributed by atoms with E-state index in [1.165, 1.54) is 5.56 Å². The van der Waals surface area contributed by atoms with E-state index in [-0.39, 0.29) is 18.0 Å². The van der Waals surface area contributed by atoms with Gasteiger partial charge in [0.25, 0.3) is 0 Å². The number of benzene rings is 1. The van der Waals surface area contributed by atoms with Gasteiger partial charge >= 0.3 is 0 Å². The van der Waals surface area contributed by atoms with Gasteiger partial charge in [0.1, 0.15) is 5.75 Å². The first-order valence-electron chi connectivity index (χ1n) is 7.80. The lowest BCUT2D eigenvalue weighted by Crippen LogP contribution is -2.45. The lowest BCUT2D eigenvalue weighted by atomic mass is 9.86. The van der Waals surface area contributed by atoms with Crippen LogP contribution in [0.1, 0.15) is 50.3 Å². The Kier molecular flexibility index (Phi) is 5.23. The number of likely N-dealkylation sites (N-methyl/N-ethyl adjacent to an activating group) is 1. The van der Waals surface area contributed by atoms with E-state index in [1.807, 2.05) is 12.1 Å². The molecule has 4 nitrogen and oxygen atoms in total. The number of aromatic hydroxyl groups is 1. The van der Waals surface area contributed by atoms with Crippen LogP contribution in [-0.2, 0) is 11.2 Å². The summed E-state index contributed by atoms with van der Waals surface area (Å²) in [7, 11) is 1.68. The Hall–Kier alpha value is -1.55. The van der Waals surface area contributed by atoms with Crippen molar-refractivity contribution in [2.75, 3.05) is 7.05 Å². The molecule has 0 aliphatic heterocycles. The van der Waals surface area contributed by atoms with Crippen molar-refractivity contribution in [3.05, 3.63) is 29.3 Å². The van der Waals surface area contributed by atoms with Crippen LogP contribution in [-0.4, -0.2) is 24.1 Å². The second-order valence-electron chi connectivity index (χ2n) is 6.29. The van der Waals surface area contributed by atoms with Crippen LogP contribution < -0.4 is 10.6 Å². The molecule has 0 spiro atoms. The molecule has 0 bridgehead atoms. The lowest BCUT2D eigenvalue weighted by Gasteiger charge is -2.30. The summed E-state index contributed by atoms with van der Waals surface area (Å²) in [6.07, 6.45) is 3.96. The third-order valence-corrected chi connectivity index (χ3v) is 4.12. The number of hydrogen-bond donors (Lipinski definition) is 3. The summed E-state index contributed by atoms with van der Waals surface area (Å²) in [4.78, 5) is 12.1. The summed E-state index contributed by atoms with van der Waals surface area (Å²) in [5.74, 6) is 0.783. The highest BCUT2D eigenvalue weighted by Crippen LogP contribution is 2.32. The first kappa shape index (κ1) is 15.8. The number of carbonyl (C=O) groups is 1. The van der Waals surface area contributed by atoms with Crippen molar-refractivity contribution in [1.29, 1.82) is 0 Å². The summed E-state index contributed by atoms with van der Waals surface area (Å²) in [5.41, 5.74) is 2.41. The molecule has 4 heteroatoms. The second-order valence-corrected chi connectivity index (χ2v) is 6.29. The summed E-state index contributed by atoms with van der Waals surface area (Å²) in [6.45, 7) is 4.25. The fourth-order valence-electron chi connectivity index (χ4n) is 3.10. The predicted molar refractivity (Wildman–Crippen MR) is 84.2 cm³/mol. The number of rotatable bonds is 5. The molecule has 0 saturated carbocycles. The van der Waals surface area contributed by atoms with Gasteiger partial charge in [0, 0.05) is 13.1 Å². The van der Waals surface area contributed by atoms with Crippen molar-refractivity contribution < 1.29 is 9.90 Å². The third kappa shape index (κ3) is 3.97. The fourth-order valence-corrected chi connectivity index (χ4v) is 3.10. The molecule has 3 N–H and O–H groups in total. The zero-order valence-electron chi connectivity index (χ0n) is 13.1. The zero-order valence-corrected chi connectivity index (χ0v) is 13.1. The number of fused-ring (bicyclic) bond motifs is 1. The molecule has 0 radical (unpaired) electrons. The molecule has 1 aromatic rings. The van der Waals surface area contributed by atoms with Crippen LogP contribution in [0.5, 0.6) is 5.75 Å². The summed E-state index contributed by atoms with van der Waals surface area (Å²) in [6, 6.07) is 5.53. The SMILES string of the molecule is CNC(=O)C(CC(C)C)NC1CCCc2ccc(O)cc21. The Morgan fingerprint density at radius 1 is 1.43 bits per heavy atom. The van der Waals surface area contributed by atoms with Gasteiger partial charge in [-0.3, -0.25) is 10.1 Å². The van der Waals surface area contributed by atoms with E-state index in [0.717, 1.165) is 31.2 Å². The molecule has 1 aromatic carbocycles. The molecule has 2 rings (SSSR count). The smallest absolute Gasteiger partial charge is 0.236 e. The Bertz CT molecular complexity index is 500. The molecule has 2 unspecified atom stereocenters. The second kappa shape index (κ2) is 6.94. The molecule has 0 heterocycles. The quantitative estimate of drug-likeness (QED) is 0.781. The Labute approximate surface area is 126 Å². The van der Waals surface area contributed by atoms with Gasteiger partial charge in [-0.2, -0.15) is 0 Å². The molecule has 0 saturated heterocycles. The monoisotopic (exact) mass is 290 g/mol. The van der Waals surface area contributed by atoms with Crippen LogP contribution in [0.25, 0.3) is 0 Å². The lowest BCUT2D eigenvalue weighted by molar-refractivity contribution is -0.123. The normalized spacial score (nSPS) is 19.1. The molecule has 0 aromatic heterocycles. The number of aryl methyl sites for hydroxylation is 1. The summed E-state index contributed by atoms with van der Waals surface area (Å²) < 4.78 is 0. The van der Waals surface area contributed by atoms with Gasteiger partial charge < -0.3 is 10.4 Å². The molecule has 1 aliphatic carbocycles.